The first-order valence-corrected chi connectivity index (χ1v) is 11.1. The van der Waals surface area contributed by atoms with Gasteiger partial charge in [-0.05, 0) is 86.2 Å². The molecule has 1 saturated carbocycles. The third-order valence-electron chi connectivity index (χ3n) is 8.16. The van der Waals surface area contributed by atoms with Gasteiger partial charge in [-0.3, -0.25) is 0 Å². The fourth-order valence-electron chi connectivity index (χ4n) is 6.18. The van der Waals surface area contributed by atoms with Crippen molar-refractivity contribution in [2.75, 3.05) is 6.61 Å². The van der Waals surface area contributed by atoms with E-state index in [1.807, 2.05) is 0 Å². The molecule has 27 heavy (non-hydrogen) atoms. The molecular weight excluding hydrogens is 332 g/mol. The summed E-state index contributed by atoms with van der Waals surface area (Å²) in [7, 11) is 0. The highest BCUT2D eigenvalue weighted by Gasteiger charge is 2.49. The first-order valence-electron chi connectivity index (χ1n) is 11.1. The summed E-state index contributed by atoms with van der Waals surface area (Å²) in [5.41, 5.74) is 3.81. The summed E-state index contributed by atoms with van der Waals surface area (Å²) in [6.07, 6.45) is 13.0. The fourth-order valence-corrected chi connectivity index (χ4v) is 6.18. The van der Waals surface area contributed by atoms with Gasteiger partial charge in [0.1, 0.15) is 0 Å². The van der Waals surface area contributed by atoms with Crippen LogP contribution in [0.3, 0.4) is 0 Å². The van der Waals surface area contributed by atoms with Gasteiger partial charge < -0.3 is 10.2 Å². The van der Waals surface area contributed by atoms with Crippen molar-refractivity contribution in [1.82, 2.24) is 0 Å². The van der Waals surface area contributed by atoms with E-state index in [0.717, 1.165) is 37.7 Å². The Bertz CT molecular complexity index is 626. The quantitative estimate of drug-likeness (QED) is 0.613. The van der Waals surface area contributed by atoms with Gasteiger partial charge in [0.05, 0.1) is 12.7 Å². The minimum atomic E-state index is -0.368. The summed E-state index contributed by atoms with van der Waals surface area (Å²) < 4.78 is 0. The average Bonchev–Trinajstić information content (AvgIpc) is 3.14. The van der Waals surface area contributed by atoms with Crippen molar-refractivity contribution in [3.63, 3.8) is 0 Å². The van der Waals surface area contributed by atoms with E-state index in [-0.39, 0.29) is 18.1 Å². The Hall–Kier alpha value is -0.860. The highest BCUT2D eigenvalue weighted by molar-refractivity contribution is 5.37. The molecule has 0 aromatic heterocycles. The van der Waals surface area contributed by atoms with Crippen molar-refractivity contribution < 1.29 is 10.2 Å². The molecule has 0 aromatic carbocycles. The molecule has 0 heterocycles. The molecule has 0 radical (unpaired) electrons. The van der Waals surface area contributed by atoms with Crippen molar-refractivity contribution in [2.45, 2.75) is 79.2 Å². The number of hydrogen-bond donors (Lipinski definition) is 2. The van der Waals surface area contributed by atoms with Crippen LogP contribution in [0.15, 0.2) is 34.9 Å². The fraction of sp³-hybridized carbons (Fsp3) is 0.760. The smallest absolute Gasteiger partial charge is 0.0779 e. The maximum absolute atomic E-state index is 11.2. The van der Waals surface area contributed by atoms with E-state index in [9.17, 15) is 10.2 Å². The van der Waals surface area contributed by atoms with Crippen LogP contribution in [0.25, 0.3) is 0 Å². The van der Waals surface area contributed by atoms with E-state index in [0.29, 0.717) is 29.6 Å². The molecule has 2 heteroatoms. The Morgan fingerprint density at radius 1 is 1.19 bits per heavy atom. The summed E-state index contributed by atoms with van der Waals surface area (Å²) in [4.78, 5) is 0. The van der Waals surface area contributed by atoms with Crippen molar-refractivity contribution in [1.29, 1.82) is 0 Å². The molecule has 0 amide bonds. The maximum Gasteiger partial charge on any atom is 0.0779 e. The van der Waals surface area contributed by atoms with Crippen LogP contribution in [-0.2, 0) is 0 Å². The number of fused-ring (bicyclic) bond motifs is 2. The Morgan fingerprint density at radius 3 is 2.59 bits per heavy atom. The van der Waals surface area contributed by atoms with Crippen LogP contribution >= 0.6 is 0 Å². The standard InChI is InChI=1S/C25H40O2/c1-16(2)20-12-13-25(5)23(20)11-8-19(15-26)22-10-7-18(4)21(22)9-6-17(3)14-24(25)27/h8,10,14,16,18,20-21,23-24,26-27H,6-7,9,11-13,15H2,1-5H3/b17-14+,19-8+/t18-,20+,21-,23-,24+,25-/m0/s1. The van der Waals surface area contributed by atoms with Crippen LogP contribution in [0.5, 0.6) is 0 Å². The first kappa shape index (κ1) is 20.9. The zero-order valence-corrected chi connectivity index (χ0v) is 18.0. The summed E-state index contributed by atoms with van der Waals surface area (Å²) in [6, 6.07) is 0. The molecule has 3 aliphatic rings. The third-order valence-corrected chi connectivity index (χ3v) is 8.16. The predicted octanol–water partition coefficient (Wildman–Crippen LogP) is 5.67. The van der Waals surface area contributed by atoms with Gasteiger partial charge in [-0.2, -0.15) is 0 Å². The van der Waals surface area contributed by atoms with Crippen molar-refractivity contribution >= 4 is 0 Å². The number of rotatable bonds is 2. The van der Waals surface area contributed by atoms with E-state index in [1.165, 1.54) is 17.6 Å². The van der Waals surface area contributed by atoms with Crippen LogP contribution in [0.1, 0.15) is 73.1 Å². The molecule has 3 aliphatic carbocycles. The van der Waals surface area contributed by atoms with Crippen LogP contribution < -0.4 is 0 Å². The molecule has 0 aromatic rings. The van der Waals surface area contributed by atoms with E-state index in [2.05, 4.69) is 52.8 Å². The van der Waals surface area contributed by atoms with E-state index >= 15 is 0 Å². The van der Waals surface area contributed by atoms with Crippen LogP contribution in [-0.4, -0.2) is 22.9 Å². The first-order chi connectivity index (χ1) is 12.8. The Balaban J connectivity index is 2.01. The Kier molecular flexibility index (Phi) is 6.37. The zero-order chi connectivity index (χ0) is 19.8. The van der Waals surface area contributed by atoms with Crippen LogP contribution in [0, 0.1) is 35.0 Å². The average molecular weight is 373 g/mol. The van der Waals surface area contributed by atoms with Crippen molar-refractivity contribution in [2.24, 2.45) is 35.0 Å². The highest BCUT2D eigenvalue weighted by atomic mass is 16.3. The lowest BCUT2D eigenvalue weighted by Crippen LogP contribution is -2.37. The predicted molar refractivity (Wildman–Crippen MR) is 113 cm³/mol. The second kappa shape index (κ2) is 8.25. The molecule has 3 rings (SSSR count). The molecule has 2 N–H and O–H groups in total. The molecular formula is C25H40O2. The summed E-state index contributed by atoms with van der Waals surface area (Å²) in [5, 5.41) is 21.3. The molecule has 2 nitrogen and oxygen atoms in total. The SMILES string of the molecule is C/C1=C\[C@@H](O)[C@@]2(C)CC[C@H](C(C)C)[C@@H]2C/C=C(\CO)C2=CC[C@H](C)[C@@H]2CC1. The molecule has 0 spiro atoms. The van der Waals surface area contributed by atoms with Crippen LogP contribution in [0.4, 0.5) is 0 Å². The van der Waals surface area contributed by atoms with Gasteiger partial charge in [-0.25, -0.2) is 0 Å². The monoisotopic (exact) mass is 372 g/mol. The second-order valence-corrected chi connectivity index (χ2v) is 10.2. The van der Waals surface area contributed by atoms with Gasteiger partial charge in [0.2, 0.25) is 0 Å². The Morgan fingerprint density at radius 2 is 1.93 bits per heavy atom. The van der Waals surface area contributed by atoms with Crippen LogP contribution in [0.2, 0.25) is 0 Å². The Labute approximate surface area is 166 Å². The van der Waals surface area contributed by atoms with Gasteiger partial charge in [0.25, 0.3) is 0 Å². The maximum atomic E-state index is 11.2. The number of aliphatic hydroxyl groups is 2. The largest absolute Gasteiger partial charge is 0.392 e. The van der Waals surface area contributed by atoms with E-state index in [4.69, 9.17) is 0 Å². The molecule has 0 aliphatic heterocycles. The topological polar surface area (TPSA) is 40.5 Å². The van der Waals surface area contributed by atoms with Gasteiger partial charge >= 0.3 is 0 Å². The molecule has 0 saturated heterocycles. The van der Waals surface area contributed by atoms with E-state index in [1.54, 1.807) is 0 Å². The van der Waals surface area contributed by atoms with Gasteiger partial charge in [0.15, 0.2) is 0 Å². The van der Waals surface area contributed by atoms with Gasteiger partial charge in [-0.15, -0.1) is 0 Å². The lowest BCUT2D eigenvalue weighted by atomic mass is 9.68. The molecule has 0 unspecified atom stereocenters. The minimum Gasteiger partial charge on any atom is -0.392 e. The van der Waals surface area contributed by atoms with Crippen molar-refractivity contribution in [3.8, 4) is 0 Å². The third kappa shape index (κ3) is 3.98. The second-order valence-electron chi connectivity index (χ2n) is 10.2. The minimum absolute atomic E-state index is 0.0663. The summed E-state index contributed by atoms with van der Waals surface area (Å²) in [6.45, 7) is 11.6. The van der Waals surface area contributed by atoms with Crippen molar-refractivity contribution in [3.05, 3.63) is 34.9 Å². The van der Waals surface area contributed by atoms with Gasteiger partial charge in [-0.1, -0.05) is 51.5 Å². The number of aliphatic hydroxyl groups excluding tert-OH is 2. The summed E-state index contributed by atoms with van der Waals surface area (Å²) in [5.74, 6) is 2.93. The lowest BCUT2D eigenvalue weighted by molar-refractivity contribution is 0.0286. The molecule has 6 atom stereocenters. The zero-order valence-electron chi connectivity index (χ0n) is 18.0. The molecule has 0 bridgehead atoms. The van der Waals surface area contributed by atoms with Gasteiger partial charge in [0, 0.05) is 5.41 Å². The number of allylic oxidation sites excluding steroid dienone is 3. The molecule has 152 valence electrons. The summed E-state index contributed by atoms with van der Waals surface area (Å²) >= 11 is 0. The van der Waals surface area contributed by atoms with E-state index < -0.39 is 0 Å². The lowest BCUT2D eigenvalue weighted by Gasteiger charge is -2.38. The number of hydrogen-bond acceptors (Lipinski definition) is 2. The highest BCUT2D eigenvalue weighted by Crippen LogP contribution is 2.54. The normalized spacial score (nSPS) is 44.3. The molecule has 1 fully saturated rings.